The highest BCUT2D eigenvalue weighted by atomic mass is 16.5. The molecule has 0 unspecified atom stereocenters. The Bertz CT molecular complexity index is 728. The molecule has 2 aromatic heterocycles. The Morgan fingerprint density at radius 1 is 1.38 bits per heavy atom. The lowest BCUT2D eigenvalue weighted by molar-refractivity contribution is -0.145. The molecule has 2 saturated heterocycles. The molecule has 0 spiro atoms. The predicted molar refractivity (Wildman–Crippen MR) is 89.5 cm³/mol. The Labute approximate surface area is 141 Å². The normalized spacial score (nSPS) is 23.7. The summed E-state index contributed by atoms with van der Waals surface area (Å²) in [6.07, 6.45) is 8.29. The van der Waals surface area contributed by atoms with E-state index in [1.807, 2.05) is 29.4 Å². The number of hydrogen-bond donors (Lipinski definition) is 1. The quantitative estimate of drug-likeness (QED) is 0.928. The third-order valence-electron chi connectivity index (χ3n) is 5.25. The van der Waals surface area contributed by atoms with Gasteiger partial charge in [0.1, 0.15) is 6.10 Å². The zero-order valence-electron chi connectivity index (χ0n) is 13.7. The molecule has 1 N–H and O–H groups in total. The number of likely N-dealkylation sites (tertiary alicyclic amines) is 1. The third kappa shape index (κ3) is 2.91. The molecule has 2 aliphatic rings. The van der Waals surface area contributed by atoms with Crippen LogP contribution < -0.4 is 0 Å². The second kappa shape index (κ2) is 6.18. The fraction of sp³-hybridized carbons (Fsp3) is 0.556. The standard InChI is InChI=1S/C18H23N3O3/c22-17(16-2-1-11-24-16)20-9-5-18(23,6-10-20)13-21-8-4-14-3-7-19-12-15(14)21/h3-4,7-8,12,16,23H,1-2,5-6,9-11,13H2/t16-/m0/s1. The first kappa shape index (κ1) is 15.6. The van der Waals surface area contributed by atoms with Gasteiger partial charge in [0.25, 0.3) is 5.91 Å². The molecule has 0 radical (unpaired) electrons. The van der Waals surface area contributed by atoms with Crippen molar-refractivity contribution in [3.05, 3.63) is 30.7 Å². The summed E-state index contributed by atoms with van der Waals surface area (Å²) in [6.45, 7) is 2.40. The maximum atomic E-state index is 12.4. The average Bonchev–Trinajstić information content (AvgIpc) is 3.25. The zero-order chi connectivity index (χ0) is 16.6. The van der Waals surface area contributed by atoms with Crippen molar-refractivity contribution in [3.63, 3.8) is 0 Å². The van der Waals surface area contributed by atoms with E-state index in [0.717, 1.165) is 23.7 Å². The van der Waals surface area contributed by atoms with Gasteiger partial charge in [0.15, 0.2) is 0 Å². The number of piperidine rings is 1. The van der Waals surface area contributed by atoms with Gasteiger partial charge < -0.3 is 19.3 Å². The lowest BCUT2D eigenvalue weighted by Crippen LogP contribution is -2.50. The van der Waals surface area contributed by atoms with Crippen LogP contribution in [0.15, 0.2) is 30.7 Å². The van der Waals surface area contributed by atoms with E-state index in [9.17, 15) is 9.90 Å². The first-order chi connectivity index (χ1) is 11.6. The number of pyridine rings is 1. The van der Waals surface area contributed by atoms with Crippen LogP contribution in [0.4, 0.5) is 0 Å². The van der Waals surface area contributed by atoms with Crippen molar-refractivity contribution in [3.8, 4) is 0 Å². The molecule has 1 atom stereocenters. The highest BCUT2D eigenvalue weighted by Crippen LogP contribution is 2.27. The molecule has 24 heavy (non-hydrogen) atoms. The van der Waals surface area contributed by atoms with Crippen LogP contribution in [0.3, 0.4) is 0 Å². The first-order valence-electron chi connectivity index (χ1n) is 8.66. The molecule has 0 bridgehead atoms. The second-order valence-electron chi connectivity index (χ2n) is 6.93. The van der Waals surface area contributed by atoms with Gasteiger partial charge >= 0.3 is 0 Å². The predicted octanol–water partition coefficient (Wildman–Crippen LogP) is 1.57. The van der Waals surface area contributed by atoms with E-state index in [-0.39, 0.29) is 12.0 Å². The molecule has 6 heteroatoms. The fourth-order valence-corrected chi connectivity index (χ4v) is 3.76. The van der Waals surface area contributed by atoms with Gasteiger partial charge in [0.2, 0.25) is 0 Å². The summed E-state index contributed by atoms with van der Waals surface area (Å²) in [5.74, 6) is 0.0881. The van der Waals surface area contributed by atoms with E-state index in [1.165, 1.54) is 0 Å². The van der Waals surface area contributed by atoms with Gasteiger partial charge in [0.05, 0.1) is 23.9 Å². The van der Waals surface area contributed by atoms with Crippen molar-refractivity contribution in [1.29, 1.82) is 0 Å². The van der Waals surface area contributed by atoms with Crippen molar-refractivity contribution in [2.45, 2.75) is 43.9 Å². The summed E-state index contributed by atoms with van der Waals surface area (Å²) < 4.78 is 7.54. The van der Waals surface area contributed by atoms with Crippen molar-refractivity contribution in [2.24, 2.45) is 0 Å². The van der Waals surface area contributed by atoms with Crippen LogP contribution in [0.5, 0.6) is 0 Å². The van der Waals surface area contributed by atoms with Gasteiger partial charge in [-0.1, -0.05) is 0 Å². The Morgan fingerprint density at radius 3 is 2.96 bits per heavy atom. The lowest BCUT2D eigenvalue weighted by Gasteiger charge is -2.39. The highest BCUT2D eigenvalue weighted by molar-refractivity contribution is 5.81. The molecule has 2 fully saturated rings. The molecule has 4 heterocycles. The maximum Gasteiger partial charge on any atom is 0.251 e. The number of aliphatic hydroxyl groups is 1. The molecule has 4 rings (SSSR count). The minimum atomic E-state index is -0.783. The Morgan fingerprint density at radius 2 is 2.21 bits per heavy atom. The largest absolute Gasteiger partial charge is 0.388 e. The van der Waals surface area contributed by atoms with Crippen LogP contribution in [0.2, 0.25) is 0 Å². The van der Waals surface area contributed by atoms with E-state index in [0.29, 0.717) is 39.1 Å². The van der Waals surface area contributed by atoms with Crippen LogP contribution >= 0.6 is 0 Å². The van der Waals surface area contributed by atoms with Crippen molar-refractivity contribution < 1.29 is 14.6 Å². The fourth-order valence-electron chi connectivity index (χ4n) is 3.76. The van der Waals surface area contributed by atoms with E-state index >= 15 is 0 Å². The van der Waals surface area contributed by atoms with Gasteiger partial charge in [0, 0.05) is 37.5 Å². The molecular formula is C18H23N3O3. The van der Waals surface area contributed by atoms with Crippen LogP contribution in [0.1, 0.15) is 25.7 Å². The van der Waals surface area contributed by atoms with Gasteiger partial charge in [-0.2, -0.15) is 0 Å². The summed E-state index contributed by atoms with van der Waals surface area (Å²) in [7, 11) is 0. The van der Waals surface area contributed by atoms with Crippen LogP contribution in [0, 0.1) is 0 Å². The minimum Gasteiger partial charge on any atom is -0.388 e. The molecule has 2 aromatic rings. The summed E-state index contributed by atoms with van der Waals surface area (Å²) in [4.78, 5) is 18.4. The van der Waals surface area contributed by atoms with Crippen LogP contribution in [-0.4, -0.2) is 56.9 Å². The van der Waals surface area contributed by atoms with Crippen LogP contribution in [-0.2, 0) is 16.1 Å². The number of nitrogens with zero attached hydrogens (tertiary/aromatic N) is 3. The number of fused-ring (bicyclic) bond motifs is 1. The summed E-state index contributed by atoms with van der Waals surface area (Å²) in [6, 6.07) is 4.01. The van der Waals surface area contributed by atoms with Gasteiger partial charge in [-0.3, -0.25) is 9.78 Å². The molecule has 0 saturated carbocycles. The second-order valence-corrected chi connectivity index (χ2v) is 6.93. The molecule has 0 aliphatic carbocycles. The highest BCUT2D eigenvalue weighted by Gasteiger charge is 2.37. The number of carbonyl (C=O) groups excluding carboxylic acids is 1. The van der Waals surface area contributed by atoms with Crippen molar-refractivity contribution in [1.82, 2.24) is 14.5 Å². The van der Waals surface area contributed by atoms with E-state index in [4.69, 9.17) is 4.74 Å². The Hall–Kier alpha value is -1.92. The van der Waals surface area contributed by atoms with Crippen LogP contribution in [0.25, 0.3) is 10.9 Å². The smallest absolute Gasteiger partial charge is 0.251 e. The average molecular weight is 329 g/mol. The van der Waals surface area contributed by atoms with E-state index in [1.54, 1.807) is 6.20 Å². The number of carbonyl (C=O) groups is 1. The maximum absolute atomic E-state index is 12.4. The molecule has 6 nitrogen and oxygen atoms in total. The minimum absolute atomic E-state index is 0.0881. The van der Waals surface area contributed by atoms with Crippen molar-refractivity contribution in [2.75, 3.05) is 19.7 Å². The summed E-state index contributed by atoms with van der Waals surface area (Å²) >= 11 is 0. The zero-order valence-corrected chi connectivity index (χ0v) is 13.7. The van der Waals surface area contributed by atoms with Gasteiger partial charge in [-0.05, 0) is 37.8 Å². The van der Waals surface area contributed by atoms with Gasteiger partial charge in [-0.25, -0.2) is 0 Å². The third-order valence-corrected chi connectivity index (χ3v) is 5.25. The van der Waals surface area contributed by atoms with Gasteiger partial charge in [-0.15, -0.1) is 0 Å². The Kier molecular flexibility index (Phi) is 4.02. The van der Waals surface area contributed by atoms with E-state index in [2.05, 4.69) is 9.55 Å². The monoisotopic (exact) mass is 329 g/mol. The SMILES string of the molecule is O=C([C@@H]1CCCO1)N1CCC(O)(Cn2ccc3ccncc32)CC1. The number of rotatable bonds is 3. The molecule has 1 amide bonds. The number of hydrogen-bond acceptors (Lipinski definition) is 4. The molecular weight excluding hydrogens is 306 g/mol. The Balaban J connectivity index is 1.41. The topological polar surface area (TPSA) is 67.6 Å². The molecule has 0 aromatic carbocycles. The number of amides is 1. The number of ether oxygens (including phenoxy) is 1. The first-order valence-corrected chi connectivity index (χ1v) is 8.66. The van der Waals surface area contributed by atoms with E-state index < -0.39 is 5.60 Å². The molecule has 2 aliphatic heterocycles. The summed E-state index contributed by atoms with van der Waals surface area (Å²) in [5, 5.41) is 12.1. The number of aromatic nitrogens is 2. The summed E-state index contributed by atoms with van der Waals surface area (Å²) in [5.41, 5.74) is 0.249. The molecule has 128 valence electrons. The van der Waals surface area contributed by atoms with Crippen molar-refractivity contribution >= 4 is 16.8 Å². The lowest BCUT2D eigenvalue weighted by atomic mass is 9.91.